The first-order valence-electron chi connectivity index (χ1n) is 2.39. The fourth-order valence-electron chi connectivity index (χ4n) is 0.316. The molecule has 82 valence electrons. The van der Waals surface area contributed by atoms with Crippen molar-refractivity contribution in [2.45, 2.75) is 18.2 Å². The Bertz CT molecular complexity index is 186. The van der Waals surface area contributed by atoms with E-state index in [1.165, 1.54) is 0 Å². The van der Waals surface area contributed by atoms with Gasteiger partial charge in [-0.25, -0.2) is 8.39 Å². The van der Waals surface area contributed by atoms with Crippen molar-refractivity contribution in [1.82, 2.24) is 0 Å². The fourth-order valence-corrected chi connectivity index (χ4v) is 0.625. The van der Waals surface area contributed by atoms with Crippen LogP contribution in [0.4, 0.5) is 30.7 Å². The molecule has 0 amide bonds. The van der Waals surface area contributed by atoms with Gasteiger partial charge in [-0.2, -0.15) is 30.7 Å². The third kappa shape index (κ3) is 3.33. The van der Waals surface area contributed by atoms with Crippen molar-refractivity contribution in [2.24, 2.45) is 0 Å². The van der Waals surface area contributed by atoms with E-state index in [0.29, 0.717) is 0 Å². The maximum atomic E-state index is 12.1. The van der Waals surface area contributed by atoms with E-state index >= 15 is 0 Å². The normalized spacial score (nSPS) is 13.6. The standard InChI is InChI=1S/C3HF7O2S.Na.H/c4-1(12-13-11,2(5,6)7)3(8,9)10;;/h13H;;. The third-order valence-corrected chi connectivity index (χ3v) is 1.22. The molecule has 2 nitrogen and oxygen atoms in total. The Labute approximate surface area is 98.8 Å². The zero-order valence-corrected chi connectivity index (χ0v) is 6.30. The molecule has 0 aromatic rings. The van der Waals surface area contributed by atoms with Gasteiger partial charge in [-0.1, -0.05) is 0 Å². The van der Waals surface area contributed by atoms with Crippen LogP contribution < -0.4 is 0 Å². The second-order valence-corrected chi connectivity index (χ2v) is 2.09. The minimum absolute atomic E-state index is 0. The molecular weight excluding hydrogens is 256 g/mol. The first-order chi connectivity index (χ1) is 5.56. The summed E-state index contributed by atoms with van der Waals surface area (Å²) in [6, 6.07) is 0. The van der Waals surface area contributed by atoms with Crippen LogP contribution in [-0.2, 0) is 16.1 Å². The van der Waals surface area contributed by atoms with Gasteiger partial charge < -0.3 is 0 Å². The average Bonchev–Trinajstić information content (AvgIpc) is 1.82. The zero-order chi connectivity index (χ0) is 10.9. The van der Waals surface area contributed by atoms with Crippen LogP contribution in [0, 0.1) is 0 Å². The maximum absolute atomic E-state index is 12.1. The molecule has 0 heterocycles. The van der Waals surface area contributed by atoms with Gasteiger partial charge in [0, 0.05) is 0 Å². The second-order valence-electron chi connectivity index (χ2n) is 1.76. The molecule has 11 heteroatoms. The molecule has 0 aromatic carbocycles. The Kier molecular flexibility index (Phi) is 6.21. The van der Waals surface area contributed by atoms with Crippen LogP contribution in [-0.4, -0.2) is 52.0 Å². The molecule has 0 atom stereocenters. The van der Waals surface area contributed by atoms with E-state index in [1.54, 1.807) is 0 Å². The van der Waals surface area contributed by atoms with E-state index in [1.807, 2.05) is 0 Å². The van der Waals surface area contributed by atoms with Gasteiger partial charge in [0.25, 0.3) is 0 Å². The quantitative estimate of drug-likeness (QED) is 0.454. The van der Waals surface area contributed by atoms with Gasteiger partial charge in [-0.15, -0.1) is 0 Å². The predicted octanol–water partition coefficient (Wildman–Crippen LogP) is 1.01. The summed E-state index contributed by atoms with van der Waals surface area (Å²) in [4.78, 5) is 0. The molecule has 0 unspecified atom stereocenters. The number of thiol groups is 1. The molecule has 0 aliphatic carbocycles. The van der Waals surface area contributed by atoms with Crippen LogP contribution in [0.15, 0.2) is 0 Å². The Hall–Kier alpha value is 0.620. The molecule has 0 N–H and O–H groups in total. The second kappa shape index (κ2) is 5.10. The summed E-state index contributed by atoms with van der Waals surface area (Å²) in [6.07, 6.45) is -12.7. The molecule has 0 spiro atoms. The molecule has 14 heavy (non-hydrogen) atoms. The fraction of sp³-hybridized carbons (Fsp3) is 1.00. The number of hydrogen-bond donors (Lipinski definition) is 1. The van der Waals surface area contributed by atoms with Gasteiger partial charge in [0.1, 0.15) is 11.9 Å². The number of hydrogen-bond acceptors (Lipinski definition) is 2. The summed E-state index contributed by atoms with van der Waals surface area (Å²) in [7, 11) is 0. The van der Waals surface area contributed by atoms with Crippen LogP contribution >= 0.6 is 0 Å². The molecule has 0 fully saturated rings. The average molecular weight is 258 g/mol. The summed E-state index contributed by atoms with van der Waals surface area (Å²) in [5.74, 6) is -5.90. The van der Waals surface area contributed by atoms with Crippen molar-refractivity contribution in [3.8, 4) is 0 Å². The summed E-state index contributed by atoms with van der Waals surface area (Å²) in [5.41, 5.74) is 0. The van der Waals surface area contributed by atoms with Crippen LogP contribution in [0.5, 0.6) is 0 Å². The summed E-state index contributed by atoms with van der Waals surface area (Å²) >= 11 is -2.06. The predicted molar refractivity (Wildman–Crippen MR) is 33.7 cm³/mol. The Balaban J connectivity index is 0. The van der Waals surface area contributed by atoms with Gasteiger partial charge in [-0.3, -0.25) is 0 Å². The van der Waals surface area contributed by atoms with Gasteiger partial charge in [-0.05, 0) is 0 Å². The van der Waals surface area contributed by atoms with Crippen LogP contribution in [0.3, 0.4) is 0 Å². The van der Waals surface area contributed by atoms with Crippen LogP contribution in [0.25, 0.3) is 0 Å². The van der Waals surface area contributed by atoms with Crippen molar-refractivity contribution >= 4 is 41.5 Å². The van der Waals surface area contributed by atoms with Crippen molar-refractivity contribution in [3.63, 3.8) is 0 Å². The van der Waals surface area contributed by atoms with E-state index in [9.17, 15) is 34.9 Å². The van der Waals surface area contributed by atoms with E-state index in [4.69, 9.17) is 0 Å². The molecule has 0 bridgehead atoms. The van der Waals surface area contributed by atoms with Crippen molar-refractivity contribution in [2.75, 3.05) is 0 Å². The third-order valence-electron chi connectivity index (χ3n) is 0.892. The summed E-state index contributed by atoms with van der Waals surface area (Å²) < 4.78 is 92.5. The van der Waals surface area contributed by atoms with E-state index in [0.717, 1.165) is 0 Å². The van der Waals surface area contributed by atoms with E-state index in [2.05, 4.69) is 4.18 Å². The topological polar surface area (TPSA) is 26.3 Å². The van der Waals surface area contributed by atoms with Gasteiger partial charge in [0.15, 0.2) is 0 Å². The number of alkyl halides is 7. The Morgan fingerprint density at radius 3 is 1.21 bits per heavy atom. The van der Waals surface area contributed by atoms with Gasteiger partial charge in [0.2, 0.25) is 0 Å². The molecule has 0 saturated heterocycles. The van der Waals surface area contributed by atoms with E-state index in [-0.39, 0.29) is 29.6 Å². The molecule has 0 aliphatic heterocycles. The zero-order valence-electron chi connectivity index (χ0n) is 5.41. The molecule has 0 aliphatic rings. The van der Waals surface area contributed by atoms with Gasteiger partial charge >= 0.3 is 47.8 Å². The van der Waals surface area contributed by atoms with Crippen LogP contribution in [0.1, 0.15) is 0 Å². The van der Waals surface area contributed by atoms with Crippen LogP contribution in [0.2, 0.25) is 0 Å². The Morgan fingerprint density at radius 2 is 1.14 bits per heavy atom. The van der Waals surface area contributed by atoms with Crippen molar-refractivity contribution in [3.05, 3.63) is 0 Å². The van der Waals surface area contributed by atoms with E-state index < -0.39 is 30.2 Å². The van der Waals surface area contributed by atoms with Crippen molar-refractivity contribution < 1.29 is 39.1 Å². The first-order valence-corrected chi connectivity index (χ1v) is 3.12. The SMILES string of the molecule is O=[SH]OC(F)(C(F)(F)F)C(F)(F)F.[NaH]. The van der Waals surface area contributed by atoms with Crippen molar-refractivity contribution in [1.29, 1.82) is 0 Å². The minimum atomic E-state index is -6.33. The first kappa shape index (κ1) is 17.0. The molecule has 0 radical (unpaired) electrons. The number of halogens is 7. The molecule has 0 saturated carbocycles. The summed E-state index contributed by atoms with van der Waals surface area (Å²) in [6.45, 7) is 0. The Morgan fingerprint density at radius 1 is 0.857 bits per heavy atom. The molecule has 0 rings (SSSR count). The molecular formula is C3H2F7NaO2S. The van der Waals surface area contributed by atoms with Gasteiger partial charge in [0.05, 0.1) is 0 Å². The molecule has 0 aromatic heterocycles. The monoisotopic (exact) mass is 258 g/mol. The summed E-state index contributed by atoms with van der Waals surface area (Å²) in [5, 5.41) is 0. The number of rotatable bonds is 2.